The molecule has 5 N–H and O–H groups in total. The van der Waals surface area contributed by atoms with Crippen molar-refractivity contribution >= 4 is 52.8 Å². The quantitative estimate of drug-likeness (QED) is 0.0413. The van der Waals surface area contributed by atoms with Crippen LogP contribution in [-0.4, -0.2) is 57.6 Å². The number of nitrogen functional groups attached to an aromatic ring is 1. The maximum atomic E-state index is 13.1. The molecule has 0 aliphatic rings. The number of rotatable bonds is 11. The van der Waals surface area contributed by atoms with E-state index in [1.807, 2.05) is 130 Å². The fraction of sp³-hybridized carbons (Fsp3) is 0.217. The van der Waals surface area contributed by atoms with E-state index < -0.39 is 46.6 Å². The summed E-state index contributed by atoms with van der Waals surface area (Å²) in [4.78, 5) is 74.8. The van der Waals surface area contributed by atoms with Gasteiger partial charge in [0.2, 0.25) is 0 Å². The summed E-state index contributed by atoms with van der Waals surface area (Å²) < 4.78 is 21.5. The van der Waals surface area contributed by atoms with E-state index in [0.29, 0.717) is 50.6 Å². The molecule has 0 spiro atoms. The highest BCUT2D eigenvalue weighted by molar-refractivity contribution is 6.10. The number of benzene rings is 8. The first-order valence-electron chi connectivity index (χ1n) is 26.8. The molecule has 83 heavy (non-hydrogen) atoms. The number of phenols is 1. The molecule has 14 heteroatoms. The van der Waals surface area contributed by atoms with Gasteiger partial charge in [-0.25, -0.2) is 14.4 Å². The second-order valence-corrected chi connectivity index (χ2v) is 22.4. The maximum absolute atomic E-state index is 13.1. The van der Waals surface area contributed by atoms with Crippen molar-refractivity contribution in [3.63, 3.8) is 0 Å². The van der Waals surface area contributed by atoms with E-state index in [9.17, 15) is 33.9 Å². The lowest BCUT2D eigenvalue weighted by atomic mass is 10.0. The van der Waals surface area contributed by atoms with Crippen molar-refractivity contribution in [3.8, 4) is 44.9 Å². The number of nitrogens with one attached hydrogen (secondary N) is 2. The molecule has 0 radical (unpaired) electrons. The lowest BCUT2D eigenvalue weighted by Crippen LogP contribution is -2.25. The molecular weight excluding hydrogens is 1050 g/mol. The number of aryl methyl sites for hydroxylation is 2. The van der Waals surface area contributed by atoms with E-state index in [-0.39, 0.29) is 22.8 Å². The topological polar surface area (TPSA) is 210 Å². The number of aromatic hydroxyl groups is 1. The van der Waals surface area contributed by atoms with E-state index in [4.69, 9.17) is 24.7 Å². The van der Waals surface area contributed by atoms with Crippen LogP contribution in [0.3, 0.4) is 0 Å². The monoisotopic (exact) mass is 1120 g/mol. The molecule has 8 aromatic carbocycles. The van der Waals surface area contributed by atoms with Crippen LogP contribution in [0.1, 0.15) is 132 Å². The second kappa shape index (κ2) is 27.1. The highest BCUT2D eigenvalue weighted by Gasteiger charge is 2.25. The summed E-state index contributed by atoms with van der Waals surface area (Å²) in [5, 5.41) is 15.3. The van der Waals surface area contributed by atoms with Gasteiger partial charge in [0.1, 0.15) is 28.3 Å². The molecule has 0 saturated carbocycles. The highest BCUT2D eigenvalue weighted by atomic mass is 16.6. The number of hydrogen-bond acceptors (Lipinski definition) is 12. The average molecular weight is 1120 g/mol. The molecule has 0 bridgehead atoms. The molecule has 14 nitrogen and oxygen atoms in total. The molecule has 0 unspecified atom stereocenters. The summed E-state index contributed by atoms with van der Waals surface area (Å²) in [6.45, 7) is 21.0. The van der Waals surface area contributed by atoms with Gasteiger partial charge in [-0.2, -0.15) is 0 Å². The molecule has 0 heterocycles. The zero-order valence-corrected chi connectivity index (χ0v) is 48.9. The van der Waals surface area contributed by atoms with E-state index >= 15 is 0 Å². The Kier molecular flexibility index (Phi) is 20.4. The summed E-state index contributed by atoms with van der Waals surface area (Å²) >= 11 is 0. The summed E-state index contributed by atoms with van der Waals surface area (Å²) in [5.41, 5.74) is 13.9. The average Bonchev–Trinajstić information content (AvgIpc) is 3.62. The number of hydrogen-bond donors (Lipinski definition) is 4. The minimum Gasteiger partial charge on any atom is -0.508 e. The number of carbonyl (C=O) groups is 6. The van der Waals surface area contributed by atoms with Gasteiger partial charge in [0.15, 0.2) is 0 Å². The molecule has 0 atom stereocenters. The first kappa shape index (κ1) is 62.4. The van der Waals surface area contributed by atoms with Crippen LogP contribution in [0.25, 0.3) is 33.4 Å². The van der Waals surface area contributed by atoms with Crippen molar-refractivity contribution < 1.29 is 52.8 Å². The molecule has 0 fully saturated rings. The number of carbonyl (C=O) groups excluding carboxylic acids is 6. The van der Waals surface area contributed by atoms with E-state index in [2.05, 4.69) is 10.6 Å². The number of esters is 4. The van der Waals surface area contributed by atoms with E-state index in [1.165, 1.54) is 19.1 Å². The van der Waals surface area contributed by atoms with Crippen LogP contribution in [0.4, 0.5) is 17.1 Å². The Bertz CT molecular complexity index is 3630. The van der Waals surface area contributed by atoms with Crippen molar-refractivity contribution in [2.24, 2.45) is 0 Å². The van der Waals surface area contributed by atoms with Crippen molar-refractivity contribution in [2.45, 2.75) is 99.9 Å². The summed E-state index contributed by atoms with van der Waals surface area (Å²) in [5.74, 6) is -2.19. The highest BCUT2D eigenvalue weighted by Crippen LogP contribution is 2.32. The van der Waals surface area contributed by atoms with Gasteiger partial charge in [0.25, 0.3) is 11.8 Å². The fourth-order valence-electron chi connectivity index (χ4n) is 8.23. The van der Waals surface area contributed by atoms with Gasteiger partial charge in [0, 0.05) is 23.7 Å². The van der Waals surface area contributed by atoms with Gasteiger partial charge in [-0.05, 0) is 193 Å². The Morgan fingerprint density at radius 1 is 0.398 bits per heavy atom. The zero-order chi connectivity index (χ0) is 60.8. The fourth-order valence-corrected chi connectivity index (χ4v) is 8.23. The first-order chi connectivity index (χ1) is 39.0. The molecule has 0 aromatic heterocycles. The molecule has 0 aliphatic heterocycles. The van der Waals surface area contributed by atoms with Crippen LogP contribution in [0.15, 0.2) is 182 Å². The molecule has 8 rings (SSSR count). The lowest BCUT2D eigenvalue weighted by molar-refractivity contribution is -0.131. The molecule has 8 aromatic rings. The van der Waals surface area contributed by atoms with E-state index in [1.54, 1.807) is 116 Å². The van der Waals surface area contributed by atoms with Crippen molar-refractivity contribution in [3.05, 3.63) is 221 Å². The van der Waals surface area contributed by atoms with Crippen molar-refractivity contribution in [1.29, 1.82) is 0 Å². The number of phenolic OH excluding ortho intramolecular Hbond substituents is 1. The number of nitrogens with two attached hydrogens (primary N) is 1. The lowest BCUT2D eigenvalue weighted by Gasteiger charge is -2.21. The van der Waals surface area contributed by atoms with Gasteiger partial charge < -0.3 is 40.4 Å². The Morgan fingerprint density at radius 2 is 0.735 bits per heavy atom. The standard InChI is InChI=1S/C27H27NO5.C25H25NO4.C17H19NO2/c1-17-15-21(32-18(2)29)12-14-22(17)25(30)28-24-16-20(19-9-7-6-8-10-19)11-13-23(24)26(31)33-27(3,4)5;1-16-14-19(27)11-13-20(16)23(28)26-22-15-18(17-8-6-5-7-9-17)10-12-21(22)24(29)30-25(2,3)4;1-17(2,3)20-16(19)14-10-9-13(11-15(14)18)12-7-5-4-6-8-12/h6-16H,1-5H3,(H,28,30);5-15,27H,1-4H3,(H,26,28);4-11H,18H2,1-3H3. The normalized spacial score (nSPS) is 11.0. The number of ether oxygens (including phenoxy) is 4. The predicted molar refractivity (Wildman–Crippen MR) is 327 cm³/mol. The van der Waals surface area contributed by atoms with Crippen LogP contribution in [0, 0.1) is 13.8 Å². The molecule has 428 valence electrons. The maximum Gasteiger partial charge on any atom is 0.340 e. The molecule has 2 amide bonds. The summed E-state index contributed by atoms with van der Waals surface area (Å²) in [6.07, 6.45) is 0. The first-order valence-corrected chi connectivity index (χ1v) is 26.8. The third-order valence-corrected chi connectivity index (χ3v) is 11.9. The van der Waals surface area contributed by atoms with Crippen LogP contribution < -0.4 is 21.1 Å². The second-order valence-electron chi connectivity index (χ2n) is 22.4. The van der Waals surface area contributed by atoms with Gasteiger partial charge in [-0.15, -0.1) is 0 Å². The van der Waals surface area contributed by atoms with Crippen LogP contribution in [-0.2, 0) is 19.0 Å². The number of anilines is 3. The molecule has 0 saturated heterocycles. The molecule has 0 aliphatic carbocycles. The summed E-state index contributed by atoms with van der Waals surface area (Å²) in [7, 11) is 0. The number of amides is 2. The predicted octanol–water partition coefficient (Wildman–Crippen LogP) is 15.3. The van der Waals surface area contributed by atoms with Crippen LogP contribution >= 0.6 is 0 Å². The molecular formula is C69H71N3O11. The van der Waals surface area contributed by atoms with Gasteiger partial charge in [-0.3, -0.25) is 14.4 Å². The third kappa shape index (κ3) is 18.6. The summed E-state index contributed by atoms with van der Waals surface area (Å²) in [6, 6.07) is 54.4. The largest absolute Gasteiger partial charge is 0.508 e. The van der Waals surface area contributed by atoms with Gasteiger partial charge >= 0.3 is 23.9 Å². The zero-order valence-electron chi connectivity index (χ0n) is 48.9. The Hall–Kier alpha value is -9.82. The van der Waals surface area contributed by atoms with E-state index in [0.717, 1.165) is 33.4 Å². The van der Waals surface area contributed by atoms with Crippen molar-refractivity contribution in [2.75, 3.05) is 16.4 Å². The Morgan fingerprint density at radius 3 is 1.08 bits per heavy atom. The van der Waals surface area contributed by atoms with Gasteiger partial charge in [0.05, 0.1) is 28.1 Å². The third-order valence-electron chi connectivity index (χ3n) is 11.9. The minimum absolute atomic E-state index is 0.0876. The SMILES string of the molecule is CC(=O)Oc1ccc(C(=O)Nc2cc(-c3ccccc3)ccc2C(=O)OC(C)(C)C)c(C)c1.CC(C)(C)OC(=O)c1ccc(-c2ccccc2)cc1N.Cc1cc(O)ccc1C(=O)Nc1cc(-c2ccccc2)ccc1C(=O)OC(C)(C)C. The van der Waals surface area contributed by atoms with Crippen LogP contribution in [0.5, 0.6) is 11.5 Å². The van der Waals surface area contributed by atoms with Crippen LogP contribution in [0.2, 0.25) is 0 Å². The minimum atomic E-state index is -0.681. The smallest absolute Gasteiger partial charge is 0.340 e. The van der Waals surface area contributed by atoms with Crippen molar-refractivity contribution in [1.82, 2.24) is 0 Å². The Labute approximate surface area is 485 Å². The van der Waals surface area contributed by atoms with Gasteiger partial charge in [-0.1, -0.05) is 109 Å². The Balaban J connectivity index is 0.000000206.